The van der Waals surface area contributed by atoms with Crippen LogP contribution in [0.3, 0.4) is 0 Å². The van der Waals surface area contributed by atoms with Crippen LogP contribution >= 0.6 is 0 Å². The molecule has 0 N–H and O–H groups in total. The summed E-state index contributed by atoms with van der Waals surface area (Å²) in [5, 5.41) is 0. The highest BCUT2D eigenvalue weighted by molar-refractivity contribution is 5.76. The van der Waals surface area contributed by atoms with Crippen molar-refractivity contribution in [1.82, 2.24) is 4.90 Å². The topological polar surface area (TPSA) is 38.8 Å². The Bertz CT molecular complexity index is 517. The van der Waals surface area contributed by atoms with Crippen molar-refractivity contribution in [3.05, 3.63) is 35.4 Å². The van der Waals surface area contributed by atoms with Crippen molar-refractivity contribution < 1.29 is 23.0 Å². The van der Waals surface area contributed by atoms with Crippen molar-refractivity contribution in [2.75, 3.05) is 19.8 Å². The minimum Gasteiger partial charge on any atom is -0.351 e. The molecule has 0 heterocycles. The van der Waals surface area contributed by atoms with Crippen LogP contribution in [0.25, 0.3) is 0 Å². The molecule has 0 bridgehead atoms. The summed E-state index contributed by atoms with van der Waals surface area (Å²) in [6, 6.07) is 3.70. The summed E-state index contributed by atoms with van der Waals surface area (Å²) < 4.78 is 37.2. The number of ether oxygens (including phenoxy) is 2. The van der Waals surface area contributed by atoms with Gasteiger partial charge in [0.2, 0.25) is 5.91 Å². The van der Waals surface area contributed by atoms with Crippen molar-refractivity contribution in [3.8, 4) is 0 Å². The molecule has 0 fully saturated rings. The Morgan fingerprint density at radius 2 is 1.75 bits per heavy atom. The van der Waals surface area contributed by atoms with Gasteiger partial charge in [-0.1, -0.05) is 6.07 Å². The first-order chi connectivity index (χ1) is 11.4. The Morgan fingerprint density at radius 3 is 2.25 bits per heavy atom. The zero-order valence-corrected chi connectivity index (χ0v) is 14.9. The van der Waals surface area contributed by atoms with Crippen molar-refractivity contribution in [1.29, 1.82) is 0 Å². The van der Waals surface area contributed by atoms with Gasteiger partial charge in [-0.25, -0.2) is 8.78 Å². The second-order valence-corrected chi connectivity index (χ2v) is 5.73. The van der Waals surface area contributed by atoms with Gasteiger partial charge in [0, 0.05) is 25.7 Å². The Kier molecular flexibility index (Phi) is 8.85. The molecular weight excluding hydrogens is 316 g/mol. The average Bonchev–Trinajstić information content (AvgIpc) is 2.53. The van der Waals surface area contributed by atoms with Crippen LogP contribution in [0.5, 0.6) is 0 Å². The van der Waals surface area contributed by atoms with Crippen molar-refractivity contribution in [3.63, 3.8) is 0 Å². The van der Waals surface area contributed by atoms with Crippen LogP contribution in [0.4, 0.5) is 8.78 Å². The molecule has 0 aromatic heterocycles. The average molecular weight is 343 g/mol. The maximum Gasteiger partial charge on any atom is 0.223 e. The lowest BCUT2D eigenvalue weighted by Crippen LogP contribution is -2.43. The lowest BCUT2D eigenvalue weighted by Gasteiger charge is -2.30. The second-order valence-electron chi connectivity index (χ2n) is 5.73. The minimum absolute atomic E-state index is 0.00846. The van der Waals surface area contributed by atoms with Crippen LogP contribution in [-0.4, -0.2) is 42.9 Å². The summed E-state index contributed by atoms with van der Waals surface area (Å²) in [6.45, 7) is 8.93. The summed E-state index contributed by atoms with van der Waals surface area (Å²) in [4.78, 5) is 14.2. The third-order valence-electron chi connectivity index (χ3n) is 3.61. The molecule has 0 spiro atoms. The second kappa shape index (κ2) is 10.4. The SMILES string of the molecule is CCOC(CN(C(=O)CCc1ccc(F)c(F)c1)C(C)C)OCC. The van der Waals surface area contributed by atoms with Gasteiger partial charge >= 0.3 is 0 Å². The molecule has 6 heteroatoms. The Hall–Kier alpha value is -1.53. The summed E-state index contributed by atoms with van der Waals surface area (Å²) >= 11 is 0. The fourth-order valence-electron chi connectivity index (χ4n) is 2.38. The first-order valence-electron chi connectivity index (χ1n) is 8.35. The number of benzene rings is 1. The number of hydrogen-bond acceptors (Lipinski definition) is 3. The van der Waals surface area contributed by atoms with Gasteiger partial charge in [0.05, 0.1) is 6.54 Å². The van der Waals surface area contributed by atoms with Crippen molar-refractivity contribution >= 4 is 5.91 Å². The van der Waals surface area contributed by atoms with Gasteiger partial charge in [-0.05, 0) is 51.8 Å². The molecule has 1 amide bonds. The normalized spacial score (nSPS) is 11.3. The van der Waals surface area contributed by atoms with E-state index >= 15 is 0 Å². The van der Waals surface area contributed by atoms with Gasteiger partial charge in [0.15, 0.2) is 17.9 Å². The molecule has 136 valence electrons. The molecule has 4 nitrogen and oxygen atoms in total. The van der Waals surface area contributed by atoms with E-state index in [0.29, 0.717) is 31.7 Å². The minimum atomic E-state index is -0.895. The number of nitrogens with zero attached hydrogens (tertiary/aromatic N) is 1. The van der Waals surface area contributed by atoms with Crippen LogP contribution in [0, 0.1) is 11.6 Å². The maximum absolute atomic E-state index is 13.2. The molecule has 0 radical (unpaired) electrons. The van der Waals surface area contributed by atoms with Gasteiger partial charge in [-0.15, -0.1) is 0 Å². The predicted octanol–water partition coefficient (Wildman–Crippen LogP) is 3.53. The number of carbonyl (C=O) groups is 1. The Labute approximate surface area is 142 Å². The summed E-state index contributed by atoms with van der Waals surface area (Å²) in [5.74, 6) is -1.85. The van der Waals surface area contributed by atoms with Crippen molar-refractivity contribution in [2.24, 2.45) is 0 Å². The monoisotopic (exact) mass is 343 g/mol. The van der Waals surface area contributed by atoms with E-state index in [2.05, 4.69) is 0 Å². The lowest BCUT2D eigenvalue weighted by atomic mass is 10.1. The number of aryl methyl sites for hydroxylation is 1. The first-order valence-corrected chi connectivity index (χ1v) is 8.35. The van der Waals surface area contributed by atoms with E-state index < -0.39 is 17.9 Å². The summed E-state index contributed by atoms with van der Waals surface area (Å²) in [7, 11) is 0. The Morgan fingerprint density at radius 1 is 1.12 bits per heavy atom. The quantitative estimate of drug-likeness (QED) is 0.610. The fraction of sp³-hybridized carbons (Fsp3) is 0.611. The van der Waals surface area contributed by atoms with Crippen LogP contribution in [0.2, 0.25) is 0 Å². The number of hydrogen-bond donors (Lipinski definition) is 0. The van der Waals surface area contributed by atoms with E-state index in [0.717, 1.165) is 12.1 Å². The Balaban J connectivity index is 2.66. The van der Waals surface area contributed by atoms with Gasteiger partial charge in [-0.3, -0.25) is 4.79 Å². The molecule has 1 rings (SSSR count). The smallest absolute Gasteiger partial charge is 0.223 e. The fourth-order valence-corrected chi connectivity index (χ4v) is 2.38. The lowest BCUT2D eigenvalue weighted by molar-refractivity contribution is -0.161. The van der Waals surface area contributed by atoms with Crippen LogP contribution in [0.1, 0.15) is 39.7 Å². The number of amides is 1. The van der Waals surface area contributed by atoms with Gasteiger partial charge in [0.25, 0.3) is 0 Å². The van der Waals surface area contributed by atoms with E-state index in [1.165, 1.54) is 6.07 Å². The van der Waals surface area contributed by atoms with Crippen LogP contribution in [-0.2, 0) is 20.7 Å². The van der Waals surface area contributed by atoms with Gasteiger partial charge in [0.1, 0.15) is 0 Å². The van der Waals surface area contributed by atoms with Gasteiger partial charge < -0.3 is 14.4 Å². The van der Waals surface area contributed by atoms with Crippen LogP contribution < -0.4 is 0 Å². The van der Waals surface area contributed by atoms with Crippen LogP contribution in [0.15, 0.2) is 18.2 Å². The summed E-state index contributed by atoms with van der Waals surface area (Å²) in [6.07, 6.45) is 0.108. The molecule has 0 aliphatic carbocycles. The van der Waals surface area contributed by atoms with E-state index in [1.54, 1.807) is 4.90 Å². The zero-order chi connectivity index (χ0) is 18.1. The molecule has 1 aromatic rings. The number of rotatable bonds is 10. The third kappa shape index (κ3) is 6.53. The molecular formula is C18H27F2NO3. The predicted molar refractivity (Wildman–Crippen MR) is 88.6 cm³/mol. The van der Waals surface area contributed by atoms with E-state index in [1.807, 2.05) is 27.7 Å². The highest BCUT2D eigenvalue weighted by atomic mass is 19.2. The van der Waals surface area contributed by atoms with E-state index in [9.17, 15) is 13.6 Å². The zero-order valence-electron chi connectivity index (χ0n) is 14.9. The molecule has 0 aliphatic heterocycles. The molecule has 1 aromatic carbocycles. The molecule has 0 unspecified atom stereocenters. The molecule has 0 saturated carbocycles. The molecule has 0 saturated heterocycles. The highest BCUT2D eigenvalue weighted by Crippen LogP contribution is 2.13. The number of carbonyl (C=O) groups excluding carboxylic acids is 1. The third-order valence-corrected chi connectivity index (χ3v) is 3.61. The standard InChI is InChI=1S/C18H27F2NO3/c1-5-23-18(24-6-2)12-21(13(3)4)17(22)10-8-14-7-9-15(19)16(20)11-14/h7,9,11,13,18H,5-6,8,10,12H2,1-4H3. The van der Waals surface area contributed by atoms with Crippen molar-refractivity contribution in [2.45, 2.75) is 52.9 Å². The van der Waals surface area contributed by atoms with Gasteiger partial charge in [-0.2, -0.15) is 0 Å². The van der Waals surface area contributed by atoms with E-state index in [-0.39, 0.29) is 18.4 Å². The molecule has 0 aliphatic rings. The first kappa shape index (κ1) is 20.5. The number of halogens is 2. The maximum atomic E-state index is 13.2. The molecule has 0 atom stereocenters. The van der Waals surface area contributed by atoms with E-state index in [4.69, 9.17) is 9.47 Å². The largest absolute Gasteiger partial charge is 0.351 e. The molecule has 24 heavy (non-hydrogen) atoms. The summed E-state index contributed by atoms with van der Waals surface area (Å²) in [5.41, 5.74) is 0.595. The highest BCUT2D eigenvalue weighted by Gasteiger charge is 2.22.